The van der Waals surface area contributed by atoms with E-state index in [4.69, 9.17) is 25.1 Å². The highest BCUT2D eigenvalue weighted by molar-refractivity contribution is 6.01. The van der Waals surface area contributed by atoms with Crippen molar-refractivity contribution in [3.63, 3.8) is 0 Å². The highest BCUT2D eigenvalue weighted by Crippen LogP contribution is 2.34. The summed E-state index contributed by atoms with van der Waals surface area (Å²) in [4.78, 5) is 26.9. The van der Waals surface area contributed by atoms with E-state index in [0.717, 1.165) is 0 Å². The molecule has 3 N–H and O–H groups in total. The lowest BCUT2D eigenvalue weighted by Crippen LogP contribution is -2.12. The zero-order chi connectivity index (χ0) is 20.3. The van der Waals surface area contributed by atoms with Crippen LogP contribution in [0.25, 0.3) is 10.9 Å². The van der Waals surface area contributed by atoms with E-state index >= 15 is 0 Å². The van der Waals surface area contributed by atoms with E-state index in [0.29, 0.717) is 39.5 Å². The molecule has 0 saturated carbocycles. The molecule has 0 aliphatic carbocycles. The number of fused-ring (bicyclic) bond motifs is 1. The average Bonchev–Trinajstić information content (AvgIpc) is 2.67. The zero-order valence-electron chi connectivity index (χ0n) is 15.3. The number of carbonyl (C=O) groups excluding carboxylic acids is 1. The van der Waals surface area contributed by atoms with E-state index in [9.17, 15) is 9.59 Å². The Hall–Kier alpha value is -3.81. The topological polar surface area (TPSA) is 121 Å². The third kappa shape index (κ3) is 3.80. The van der Waals surface area contributed by atoms with Gasteiger partial charge in [-0.25, -0.2) is 0 Å². The molecule has 0 bridgehead atoms. The van der Waals surface area contributed by atoms with Gasteiger partial charge in [-0.1, -0.05) is 6.07 Å². The molecule has 8 nitrogen and oxygen atoms in total. The molecular formula is C20H18N2O6. The number of hydrogen-bond donors (Lipinski definition) is 2. The minimum absolute atomic E-state index is 0.163. The summed E-state index contributed by atoms with van der Waals surface area (Å²) >= 11 is 0. The van der Waals surface area contributed by atoms with Crippen molar-refractivity contribution in [3.8, 4) is 23.0 Å². The van der Waals surface area contributed by atoms with Crippen molar-refractivity contribution in [2.24, 2.45) is 5.73 Å². The molecule has 1 heterocycles. The van der Waals surface area contributed by atoms with Crippen LogP contribution in [0.1, 0.15) is 15.9 Å². The second-order valence-corrected chi connectivity index (χ2v) is 5.89. The predicted molar refractivity (Wildman–Crippen MR) is 101 cm³/mol. The largest absolute Gasteiger partial charge is 0.496 e. The molecule has 0 aliphatic rings. The zero-order valence-corrected chi connectivity index (χ0v) is 15.3. The Balaban J connectivity index is 2.03. The van der Waals surface area contributed by atoms with Crippen LogP contribution in [0.5, 0.6) is 23.0 Å². The van der Waals surface area contributed by atoms with Gasteiger partial charge < -0.3 is 25.1 Å². The molecule has 8 heteroatoms. The summed E-state index contributed by atoms with van der Waals surface area (Å²) in [5, 5.41) is 9.56. The van der Waals surface area contributed by atoms with Gasteiger partial charge in [0, 0.05) is 29.3 Å². The summed E-state index contributed by atoms with van der Waals surface area (Å²) in [5.41, 5.74) is 6.74. The summed E-state index contributed by atoms with van der Waals surface area (Å²) in [7, 11) is 2.90. The van der Waals surface area contributed by atoms with Gasteiger partial charge in [0.05, 0.1) is 31.7 Å². The Labute approximate surface area is 160 Å². The van der Waals surface area contributed by atoms with E-state index in [-0.39, 0.29) is 12.0 Å². The number of carbonyl (C=O) groups is 2. The van der Waals surface area contributed by atoms with Gasteiger partial charge in [0.2, 0.25) is 0 Å². The molecule has 144 valence electrons. The molecule has 3 aromatic rings. The smallest absolute Gasteiger partial charge is 0.307 e. The standard InChI is InChI=1S/C20H18N2O6/c1-26-17-8-12(4-3-11(17)7-19(23)24)28-16-5-6-22-15-10-18(27-2)14(20(21)25)9-13(15)16/h3-6,8-10H,7H2,1-2H3,(H2,21,25)(H,23,24). The number of pyridine rings is 1. The number of hydrogen-bond acceptors (Lipinski definition) is 6. The van der Waals surface area contributed by atoms with Gasteiger partial charge >= 0.3 is 5.97 Å². The maximum absolute atomic E-state index is 11.7. The maximum Gasteiger partial charge on any atom is 0.307 e. The normalized spacial score (nSPS) is 10.5. The average molecular weight is 382 g/mol. The number of aliphatic carboxylic acids is 1. The number of ether oxygens (including phenoxy) is 3. The van der Waals surface area contributed by atoms with Crippen molar-refractivity contribution in [1.82, 2.24) is 4.98 Å². The van der Waals surface area contributed by atoms with Crippen LogP contribution in [-0.2, 0) is 11.2 Å². The molecule has 0 aliphatic heterocycles. The molecule has 2 aromatic carbocycles. The van der Waals surface area contributed by atoms with Gasteiger partial charge in [-0.15, -0.1) is 0 Å². The number of nitrogens with zero attached hydrogens (tertiary/aromatic N) is 1. The minimum Gasteiger partial charge on any atom is -0.496 e. The quantitative estimate of drug-likeness (QED) is 0.644. The molecule has 0 radical (unpaired) electrons. The summed E-state index contributed by atoms with van der Waals surface area (Å²) in [6.45, 7) is 0. The first-order valence-electron chi connectivity index (χ1n) is 8.26. The van der Waals surface area contributed by atoms with E-state index in [1.54, 1.807) is 42.6 Å². The summed E-state index contributed by atoms with van der Waals surface area (Å²) in [5.74, 6) is 0.0218. The monoisotopic (exact) mass is 382 g/mol. The fraction of sp³-hybridized carbons (Fsp3) is 0.150. The van der Waals surface area contributed by atoms with Crippen LogP contribution in [0.15, 0.2) is 42.6 Å². The number of nitrogens with two attached hydrogens (primary N) is 1. The number of benzene rings is 2. The van der Waals surface area contributed by atoms with Crippen LogP contribution in [0.4, 0.5) is 0 Å². The predicted octanol–water partition coefficient (Wildman–Crippen LogP) is 2.77. The number of aromatic nitrogens is 1. The minimum atomic E-state index is -0.958. The SMILES string of the molecule is COc1cc(Oc2ccnc3cc(OC)c(C(N)=O)cc23)ccc1CC(=O)O. The van der Waals surface area contributed by atoms with Gasteiger partial charge in [-0.05, 0) is 18.2 Å². The molecule has 3 rings (SSSR count). The van der Waals surface area contributed by atoms with Crippen molar-refractivity contribution in [2.45, 2.75) is 6.42 Å². The summed E-state index contributed by atoms with van der Waals surface area (Å²) in [6, 6.07) is 9.70. The number of primary amides is 1. The van der Waals surface area contributed by atoms with Crippen molar-refractivity contribution >= 4 is 22.8 Å². The first kappa shape index (κ1) is 19.0. The Bertz CT molecular complexity index is 1060. The third-order valence-electron chi connectivity index (χ3n) is 4.12. The van der Waals surface area contributed by atoms with Crippen molar-refractivity contribution in [1.29, 1.82) is 0 Å². The molecule has 0 spiro atoms. The van der Waals surface area contributed by atoms with Crippen LogP contribution < -0.4 is 19.9 Å². The van der Waals surface area contributed by atoms with Crippen LogP contribution in [0, 0.1) is 0 Å². The van der Waals surface area contributed by atoms with Crippen molar-refractivity contribution in [3.05, 3.63) is 53.7 Å². The van der Waals surface area contributed by atoms with Crippen molar-refractivity contribution in [2.75, 3.05) is 14.2 Å². The maximum atomic E-state index is 11.7. The van der Waals surface area contributed by atoms with E-state index in [1.165, 1.54) is 14.2 Å². The Kier molecular flexibility index (Phi) is 5.30. The third-order valence-corrected chi connectivity index (χ3v) is 4.12. The Morgan fingerprint density at radius 2 is 1.79 bits per heavy atom. The molecular weight excluding hydrogens is 364 g/mol. The van der Waals surface area contributed by atoms with Gasteiger partial charge in [0.15, 0.2) is 0 Å². The van der Waals surface area contributed by atoms with Gasteiger partial charge in [0.1, 0.15) is 23.0 Å². The number of rotatable bonds is 7. The fourth-order valence-corrected chi connectivity index (χ4v) is 2.82. The van der Waals surface area contributed by atoms with Crippen LogP contribution in [-0.4, -0.2) is 36.2 Å². The lowest BCUT2D eigenvalue weighted by Gasteiger charge is -2.13. The van der Waals surface area contributed by atoms with Gasteiger partial charge in [0.25, 0.3) is 5.91 Å². The Morgan fingerprint density at radius 3 is 2.43 bits per heavy atom. The number of methoxy groups -OCH3 is 2. The Morgan fingerprint density at radius 1 is 1.04 bits per heavy atom. The van der Waals surface area contributed by atoms with E-state index in [1.807, 2.05) is 0 Å². The number of carboxylic acid groups (broad SMARTS) is 1. The molecule has 0 fully saturated rings. The van der Waals surface area contributed by atoms with Crippen LogP contribution >= 0.6 is 0 Å². The lowest BCUT2D eigenvalue weighted by atomic mass is 10.1. The molecule has 0 saturated heterocycles. The van der Waals surface area contributed by atoms with Gasteiger partial charge in [-0.3, -0.25) is 14.6 Å². The highest BCUT2D eigenvalue weighted by Gasteiger charge is 2.15. The second kappa shape index (κ2) is 7.83. The van der Waals surface area contributed by atoms with Crippen molar-refractivity contribution < 1.29 is 28.9 Å². The number of amides is 1. The fourth-order valence-electron chi connectivity index (χ4n) is 2.82. The molecule has 28 heavy (non-hydrogen) atoms. The first-order valence-corrected chi connectivity index (χ1v) is 8.26. The summed E-state index contributed by atoms with van der Waals surface area (Å²) in [6.07, 6.45) is 1.40. The van der Waals surface area contributed by atoms with Crippen LogP contribution in [0.2, 0.25) is 0 Å². The summed E-state index contributed by atoms with van der Waals surface area (Å²) < 4.78 is 16.4. The van der Waals surface area contributed by atoms with Gasteiger partial charge in [-0.2, -0.15) is 0 Å². The van der Waals surface area contributed by atoms with E-state index < -0.39 is 11.9 Å². The molecule has 0 unspecified atom stereocenters. The van der Waals surface area contributed by atoms with E-state index in [2.05, 4.69) is 4.98 Å². The first-order chi connectivity index (χ1) is 13.4. The number of carboxylic acids is 1. The van der Waals surface area contributed by atoms with Crippen LogP contribution in [0.3, 0.4) is 0 Å². The molecule has 1 aromatic heterocycles. The molecule has 1 amide bonds. The highest BCUT2D eigenvalue weighted by atomic mass is 16.5. The second-order valence-electron chi connectivity index (χ2n) is 5.89. The lowest BCUT2D eigenvalue weighted by molar-refractivity contribution is -0.136. The molecule has 0 atom stereocenters.